The van der Waals surface area contributed by atoms with Gasteiger partial charge in [-0.2, -0.15) is 4.39 Å². The minimum absolute atomic E-state index is 0.0657. The lowest BCUT2D eigenvalue weighted by Crippen LogP contribution is -2.20. The average Bonchev–Trinajstić information content (AvgIpc) is 3.43. The zero-order valence-electron chi connectivity index (χ0n) is 18.6. The third-order valence-electron chi connectivity index (χ3n) is 5.75. The molecule has 0 aromatic heterocycles. The molecule has 2 N–H and O–H groups in total. The second-order valence-electron chi connectivity index (χ2n) is 8.20. The number of halogens is 9. The number of rotatable bonds is 6. The van der Waals surface area contributed by atoms with E-state index < -0.39 is 78.8 Å². The van der Waals surface area contributed by atoms with Crippen LogP contribution in [0.4, 0.5) is 34.6 Å². The number of nitrogens with zero attached hydrogens (tertiary/aromatic N) is 1. The molecular formula is C23H10Cl5F4N3O4. The molecule has 0 saturated heterocycles. The van der Waals surface area contributed by atoms with Gasteiger partial charge < -0.3 is 10.6 Å². The lowest BCUT2D eigenvalue weighted by molar-refractivity contribution is -0.387. The predicted molar refractivity (Wildman–Crippen MR) is 138 cm³/mol. The van der Waals surface area contributed by atoms with Crippen molar-refractivity contribution in [3.8, 4) is 0 Å². The Kier molecular flexibility index (Phi) is 7.94. The Morgan fingerprint density at radius 3 is 2.10 bits per heavy atom. The molecule has 1 saturated carbocycles. The third-order valence-corrected chi connectivity index (χ3v) is 7.88. The highest BCUT2D eigenvalue weighted by molar-refractivity contribution is 6.54. The van der Waals surface area contributed by atoms with Gasteiger partial charge in [-0.05, 0) is 29.8 Å². The Morgan fingerprint density at radius 1 is 0.897 bits per heavy atom. The fraction of sp³-hybridized carbons (Fsp3) is 0.130. The Labute approximate surface area is 241 Å². The van der Waals surface area contributed by atoms with Gasteiger partial charge in [-0.25, -0.2) is 13.2 Å². The maximum absolute atomic E-state index is 14.4. The first-order chi connectivity index (χ1) is 18.1. The number of hydrogen-bond donors (Lipinski definition) is 2. The van der Waals surface area contributed by atoms with Crippen molar-refractivity contribution in [2.45, 2.75) is 10.3 Å². The van der Waals surface area contributed by atoms with Crippen LogP contribution in [0.2, 0.25) is 15.1 Å². The zero-order chi connectivity index (χ0) is 29.0. The number of hydrogen-bond acceptors (Lipinski definition) is 4. The number of alkyl halides is 2. The molecule has 1 aliphatic carbocycles. The van der Waals surface area contributed by atoms with E-state index in [1.54, 1.807) is 5.32 Å². The van der Waals surface area contributed by atoms with Gasteiger partial charge in [-0.15, -0.1) is 23.2 Å². The van der Waals surface area contributed by atoms with E-state index in [2.05, 4.69) is 5.32 Å². The third kappa shape index (κ3) is 5.46. The van der Waals surface area contributed by atoms with E-state index in [0.29, 0.717) is 29.8 Å². The topological polar surface area (TPSA) is 101 Å². The normalized spacial score (nSPS) is 17.5. The van der Waals surface area contributed by atoms with Crippen molar-refractivity contribution in [1.29, 1.82) is 0 Å². The predicted octanol–water partition coefficient (Wildman–Crippen LogP) is 7.89. The fourth-order valence-electron chi connectivity index (χ4n) is 3.85. The van der Waals surface area contributed by atoms with E-state index in [1.807, 2.05) is 0 Å². The number of nitrogens with one attached hydrogen (secondary N) is 2. The molecule has 2 atom stereocenters. The minimum atomic E-state index is -1.75. The summed E-state index contributed by atoms with van der Waals surface area (Å²) in [7, 11) is 0. The smallest absolute Gasteiger partial charge is 0.307 e. The van der Waals surface area contributed by atoms with Crippen molar-refractivity contribution in [3.63, 3.8) is 0 Å². The molecule has 0 radical (unpaired) electrons. The van der Waals surface area contributed by atoms with Crippen molar-refractivity contribution in [3.05, 3.63) is 96.0 Å². The number of carbonyl (C=O) groups excluding carboxylic acids is 2. The van der Waals surface area contributed by atoms with Crippen LogP contribution >= 0.6 is 58.0 Å². The van der Waals surface area contributed by atoms with Gasteiger partial charge in [0, 0.05) is 23.7 Å². The molecule has 0 unspecified atom stereocenters. The molecule has 3 aromatic rings. The van der Waals surface area contributed by atoms with Gasteiger partial charge in [0.25, 0.3) is 5.91 Å². The molecule has 0 bridgehead atoms. The van der Waals surface area contributed by atoms with Crippen LogP contribution in [0.3, 0.4) is 0 Å². The van der Waals surface area contributed by atoms with Gasteiger partial charge in [0.2, 0.25) is 11.7 Å². The van der Waals surface area contributed by atoms with E-state index >= 15 is 0 Å². The Hall–Kier alpha value is -2.83. The maximum Gasteiger partial charge on any atom is 0.307 e. The molecular weight excluding hydrogens is 636 g/mol. The van der Waals surface area contributed by atoms with E-state index in [4.69, 9.17) is 58.0 Å². The summed E-state index contributed by atoms with van der Waals surface area (Å²) in [5.41, 5.74) is -3.59. The summed E-state index contributed by atoms with van der Waals surface area (Å²) >= 11 is 30.5. The summed E-state index contributed by atoms with van der Waals surface area (Å²) in [5, 5.41) is 15.0. The molecule has 1 aliphatic rings. The van der Waals surface area contributed by atoms with Crippen LogP contribution < -0.4 is 10.6 Å². The first-order valence-corrected chi connectivity index (χ1v) is 12.3. The Balaban J connectivity index is 1.59. The molecule has 3 aromatic carbocycles. The number of benzene rings is 3. The number of nitro groups is 1. The van der Waals surface area contributed by atoms with Gasteiger partial charge >= 0.3 is 5.69 Å². The summed E-state index contributed by atoms with van der Waals surface area (Å²) < 4.78 is 55.5. The van der Waals surface area contributed by atoms with Crippen LogP contribution in [0.25, 0.3) is 0 Å². The first-order valence-electron chi connectivity index (χ1n) is 10.4. The Bertz CT molecular complexity index is 1550. The van der Waals surface area contributed by atoms with Gasteiger partial charge in [-0.1, -0.05) is 34.8 Å². The summed E-state index contributed by atoms with van der Waals surface area (Å²) in [6, 6.07) is 5.04. The van der Waals surface area contributed by atoms with Crippen molar-refractivity contribution in [2.75, 3.05) is 10.6 Å². The molecule has 1 fully saturated rings. The highest BCUT2D eigenvalue weighted by atomic mass is 35.5. The standard InChI is InChI=1S/C23H10Cl5F4N3O4/c24-10-3-7(4-11(25)17(10)26)15-16(23(15,27)28)22(37)33-8-5-9(18(31)13(30)6-8)21(36)34-20-12(29)1-2-14(19(20)32)35(38)39/h1-6,15-16H,(H,33,37)(H,34,36)/t15-,16+/m0/s1. The molecule has 39 heavy (non-hydrogen) atoms. The van der Waals surface area contributed by atoms with Crippen LogP contribution in [-0.4, -0.2) is 21.1 Å². The summed E-state index contributed by atoms with van der Waals surface area (Å²) in [6.45, 7) is 0. The van der Waals surface area contributed by atoms with E-state index in [0.717, 1.165) is 0 Å². The van der Waals surface area contributed by atoms with E-state index in [-0.39, 0.29) is 15.1 Å². The molecule has 2 amide bonds. The number of nitro benzene ring substituents is 1. The molecule has 0 spiro atoms. The largest absolute Gasteiger partial charge is 0.326 e. The van der Waals surface area contributed by atoms with Crippen molar-refractivity contribution < 1.29 is 32.1 Å². The molecule has 0 aliphatic heterocycles. The lowest BCUT2D eigenvalue weighted by atomic mass is 10.1. The van der Waals surface area contributed by atoms with Crippen LogP contribution in [0.5, 0.6) is 0 Å². The number of anilines is 2. The van der Waals surface area contributed by atoms with Gasteiger partial charge in [0.05, 0.1) is 31.5 Å². The minimum Gasteiger partial charge on any atom is -0.326 e. The van der Waals surface area contributed by atoms with Crippen molar-refractivity contribution in [2.24, 2.45) is 5.92 Å². The molecule has 0 heterocycles. The van der Waals surface area contributed by atoms with Gasteiger partial charge in [0.1, 0.15) is 15.8 Å². The average molecular weight is 646 g/mol. The van der Waals surface area contributed by atoms with E-state index in [1.165, 1.54) is 12.1 Å². The Morgan fingerprint density at radius 2 is 1.51 bits per heavy atom. The SMILES string of the molecule is O=C(Nc1c(F)ccc([N+](=O)[O-])c1F)c1cc(NC(=O)[C@H]2[C@H](c3cc(Cl)c(Cl)c(Cl)c3)C2(Cl)Cl)cc(F)c1F. The highest BCUT2D eigenvalue weighted by Gasteiger charge is 2.67. The van der Waals surface area contributed by atoms with Crippen LogP contribution in [0.1, 0.15) is 21.8 Å². The summed E-state index contributed by atoms with van der Waals surface area (Å²) in [4.78, 5) is 35.2. The van der Waals surface area contributed by atoms with E-state index in [9.17, 15) is 37.3 Å². The summed E-state index contributed by atoms with van der Waals surface area (Å²) in [6.07, 6.45) is 0. The summed E-state index contributed by atoms with van der Waals surface area (Å²) in [5.74, 6) is -10.9. The molecule has 4 rings (SSSR count). The first kappa shape index (κ1) is 29.2. The van der Waals surface area contributed by atoms with Crippen LogP contribution in [0.15, 0.2) is 36.4 Å². The highest BCUT2D eigenvalue weighted by Crippen LogP contribution is 2.65. The second kappa shape index (κ2) is 10.6. The van der Waals surface area contributed by atoms with Crippen LogP contribution in [-0.2, 0) is 4.79 Å². The molecule has 16 heteroatoms. The number of carbonyl (C=O) groups is 2. The number of amides is 2. The molecule has 7 nitrogen and oxygen atoms in total. The van der Waals surface area contributed by atoms with Crippen molar-refractivity contribution in [1.82, 2.24) is 0 Å². The monoisotopic (exact) mass is 643 g/mol. The van der Waals surface area contributed by atoms with Crippen molar-refractivity contribution >= 4 is 86.9 Å². The lowest BCUT2D eigenvalue weighted by Gasteiger charge is -2.11. The van der Waals surface area contributed by atoms with Gasteiger partial charge in [0.15, 0.2) is 11.6 Å². The fourth-order valence-corrected chi connectivity index (χ4v) is 5.29. The maximum atomic E-state index is 14.4. The van der Waals surface area contributed by atoms with Crippen LogP contribution in [0, 0.1) is 39.3 Å². The quantitative estimate of drug-likeness (QED) is 0.0936. The molecule has 204 valence electrons. The second-order valence-corrected chi connectivity index (χ2v) is 10.8. The zero-order valence-corrected chi connectivity index (χ0v) is 22.4. The van der Waals surface area contributed by atoms with Gasteiger partial charge in [-0.3, -0.25) is 19.7 Å².